The Balaban J connectivity index is 1.56. The van der Waals surface area contributed by atoms with Gasteiger partial charge in [0.15, 0.2) is 5.11 Å². The van der Waals surface area contributed by atoms with Crippen molar-refractivity contribution in [1.82, 2.24) is 14.9 Å². The minimum Gasteiger partial charge on any atom is -0.370 e. The predicted octanol–water partition coefficient (Wildman–Crippen LogP) is 6.35. The van der Waals surface area contributed by atoms with Crippen molar-refractivity contribution in [2.75, 3.05) is 22.9 Å². The number of hydrogen-bond acceptors (Lipinski definition) is 3. The molecule has 2 fully saturated rings. The molecule has 0 aliphatic carbocycles. The summed E-state index contributed by atoms with van der Waals surface area (Å²) in [7, 11) is 2.11. The number of rotatable bonds is 4. The molecule has 0 spiro atoms. The lowest BCUT2D eigenvalue weighted by Crippen LogP contribution is -2.38. The lowest BCUT2D eigenvalue weighted by atomic mass is 9.91. The zero-order chi connectivity index (χ0) is 24.9. The monoisotopic (exact) mass is 507 g/mol. The molecule has 2 aliphatic heterocycles. The second-order valence-electron chi connectivity index (χ2n) is 10.4. The van der Waals surface area contributed by atoms with Crippen LogP contribution in [0.5, 0.6) is 0 Å². The highest BCUT2D eigenvalue weighted by Crippen LogP contribution is 2.44. The number of nitrogens with one attached hydrogen (secondary N) is 1. The first kappa shape index (κ1) is 24.1. The normalized spacial score (nSPS) is 24.7. The lowest BCUT2D eigenvalue weighted by molar-refractivity contribution is 0.357. The first-order valence-corrected chi connectivity index (χ1v) is 13.2. The number of nitrogens with zero attached hydrogens (tertiary/aromatic N) is 4. The van der Waals surface area contributed by atoms with Gasteiger partial charge >= 0.3 is 0 Å². The zero-order valence-corrected chi connectivity index (χ0v) is 22.7. The number of thiocarbonyl (C=S) groups is 1. The maximum Gasteiger partial charge on any atom is 0.174 e. The third kappa shape index (κ3) is 4.43. The van der Waals surface area contributed by atoms with Crippen LogP contribution in [-0.4, -0.2) is 27.8 Å². The van der Waals surface area contributed by atoms with Gasteiger partial charge in [0.2, 0.25) is 0 Å². The molecule has 5 rings (SSSR count). The van der Waals surface area contributed by atoms with Crippen LogP contribution in [0.3, 0.4) is 0 Å². The molecule has 5 nitrogen and oxygen atoms in total. The van der Waals surface area contributed by atoms with Crippen LogP contribution in [-0.2, 0) is 7.05 Å². The summed E-state index contributed by atoms with van der Waals surface area (Å²) < 4.78 is 2.24. The summed E-state index contributed by atoms with van der Waals surface area (Å²) in [4.78, 5) is 9.33. The van der Waals surface area contributed by atoms with Crippen LogP contribution < -0.4 is 15.1 Å². The topological polar surface area (TPSA) is 36.3 Å². The van der Waals surface area contributed by atoms with Crippen molar-refractivity contribution in [2.24, 2.45) is 18.9 Å². The average Bonchev–Trinajstić information content (AvgIpc) is 3.29. The van der Waals surface area contributed by atoms with Gasteiger partial charge in [-0.05, 0) is 86.3 Å². The standard InChI is InChI=1S/C28H34ClN5S/c1-17-12-18(2)16-33(15-17)25-10-9-21(14-23(25)29)34-27(22-13-19(3)32(5)20(22)4)26(31-28(34)35)24-8-6-7-11-30-24/h6-11,13-14,17-18,26-27H,12,15-16H2,1-5H3,(H,31,35)/t17-,18-,26-,27+/m0/s1. The molecule has 0 amide bonds. The van der Waals surface area contributed by atoms with Gasteiger partial charge in [0.05, 0.1) is 28.5 Å². The van der Waals surface area contributed by atoms with Crippen LogP contribution in [0.15, 0.2) is 48.7 Å². The van der Waals surface area contributed by atoms with Gasteiger partial charge in [0, 0.05) is 43.4 Å². The Morgan fingerprint density at radius 3 is 2.40 bits per heavy atom. The van der Waals surface area contributed by atoms with E-state index in [4.69, 9.17) is 23.8 Å². The van der Waals surface area contributed by atoms with Crippen molar-refractivity contribution in [2.45, 2.75) is 46.2 Å². The molecule has 4 heterocycles. The SMILES string of the molecule is Cc1cc([C@@H]2[C@H](c3ccccn3)NC(=S)N2c2ccc(N3C[C@@H](C)C[C@H](C)C3)c(Cl)c2)c(C)n1C. The Kier molecular flexibility index (Phi) is 6.53. The highest BCUT2D eigenvalue weighted by atomic mass is 35.5. The number of aromatic nitrogens is 2. The van der Waals surface area contributed by atoms with E-state index < -0.39 is 0 Å². The zero-order valence-electron chi connectivity index (χ0n) is 21.1. The highest BCUT2D eigenvalue weighted by Gasteiger charge is 2.42. The molecule has 4 atom stereocenters. The fourth-order valence-electron chi connectivity index (χ4n) is 5.89. The summed E-state index contributed by atoms with van der Waals surface area (Å²) in [6.07, 6.45) is 3.11. The predicted molar refractivity (Wildman–Crippen MR) is 149 cm³/mol. The maximum absolute atomic E-state index is 6.94. The molecule has 1 N–H and O–H groups in total. The highest BCUT2D eigenvalue weighted by molar-refractivity contribution is 7.80. The van der Waals surface area contributed by atoms with E-state index in [1.165, 1.54) is 23.4 Å². The van der Waals surface area contributed by atoms with E-state index in [1.54, 1.807) is 0 Å². The van der Waals surface area contributed by atoms with Crippen LogP contribution in [0.4, 0.5) is 11.4 Å². The van der Waals surface area contributed by atoms with Crippen molar-refractivity contribution >= 4 is 40.3 Å². The molecular weight excluding hydrogens is 474 g/mol. The second kappa shape index (κ2) is 9.47. The van der Waals surface area contributed by atoms with Crippen LogP contribution in [0.1, 0.15) is 55.0 Å². The number of anilines is 2. The second-order valence-corrected chi connectivity index (χ2v) is 11.2. The minimum atomic E-state index is -0.0635. The van der Waals surface area contributed by atoms with Gasteiger partial charge in [-0.1, -0.05) is 31.5 Å². The van der Waals surface area contributed by atoms with Crippen molar-refractivity contribution in [3.63, 3.8) is 0 Å². The molecule has 7 heteroatoms. The molecule has 184 valence electrons. The molecular formula is C28H34ClN5S. The summed E-state index contributed by atoms with van der Waals surface area (Å²) >= 11 is 12.9. The van der Waals surface area contributed by atoms with Crippen LogP contribution in [0.25, 0.3) is 0 Å². The number of pyridine rings is 1. The fraction of sp³-hybridized carbons (Fsp3) is 0.429. The Bertz CT molecular complexity index is 1230. The first-order valence-electron chi connectivity index (χ1n) is 12.4. The third-order valence-corrected chi connectivity index (χ3v) is 8.27. The van der Waals surface area contributed by atoms with E-state index in [-0.39, 0.29) is 12.1 Å². The molecule has 0 bridgehead atoms. The van der Waals surface area contributed by atoms with Crippen molar-refractivity contribution < 1.29 is 0 Å². The summed E-state index contributed by atoms with van der Waals surface area (Å²) in [6.45, 7) is 11.0. The van der Waals surface area contributed by atoms with Gasteiger partial charge < -0.3 is 19.7 Å². The van der Waals surface area contributed by atoms with E-state index in [0.717, 1.165) is 35.2 Å². The Hall–Kier alpha value is -2.57. The number of piperidine rings is 1. The van der Waals surface area contributed by atoms with Gasteiger partial charge in [0.25, 0.3) is 0 Å². The van der Waals surface area contributed by atoms with Crippen LogP contribution >= 0.6 is 23.8 Å². The quantitative estimate of drug-likeness (QED) is 0.416. The lowest BCUT2D eigenvalue weighted by Gasteiger charge is -2.37. The molecule has 3 aromatic rings. The van der Waals surface area contributed by atoms with Gasteiger partial charge in [0.1, 0.15) is 0 Å². The van der Waals surface area contributed by atoms with Gasteiger partial charge in [-0.2, -0.15) is 0 Å². The average molecular weight is 508 g/mol. The summed E-state index contributed by atoms with van der Waals surface area (Å²) in [5, 5.41) is 5.03. The molecule has 35 heavy (non-hydrogen) atoms. The number of benzene rings is 1. The minimum absolute atomic E-state index is 0.0331. The number of halogens is 1. The Morgan fingerprint density at radius 2 is 1.80 bits per heavy atom. The van der Waals surface area contributed by atoms with E-state index in [1.807, 2.05) is 18.3 Å². The summed E-state index contributed by atoms with van der Waals surface area (Å²) in [5.41, 5.74) is 6.77. The molecule has 0 saturated carbocycles. The molecule has 1 aromatic carbocycles. The summed E-state index contributed by atoms with van der Waals surface area (Å²) in [5.74, 6) is 1.33. The molecule has 0 unspecified atom stereocenters. The number of aryl methyl sites for hydroxylation is 1. The Morgan fingerprint density at radius 1 is 1.06 bits per heavy atom. The molecule has 2 aromatic heterocycles. The van der Waals surface area contributed by atoms with Crippen molar-refractivity contribution in [3.05, 3.63) is 76.3 Å². The first-order chi connectivity index (χ1) is 16.7. The fourth-order valence-corrected chi connectivity index (χ4v) is 6.53. The molecule has 2 aliphatic rings. The molecule has 2 saturated heterocycles. The summed E-state index contributed by atoms with van der Waals surface area (Å²) in [6, 6.07) is 14.6. The van der Waals surface area contributed by atoms with Crippen LogP contribution in [0.2, 0.25) is 5.02 Å². The van der Waals surface area contributed by atoms with E-state index in [9.17, 15) is 0 Å². The number of hydrogen-bond donors (Lipinski definition) is 1. The van der Waals surface area contributed by atoms with Gasteiger partial charge in [-0.3, -0.25) is 4.98 Å². The van der Waals surface area contributed by atoms with Gasteiger partial charge in [-0.15, -0.1) is 0 Å². The van der Waals surface area contributed by atoms with E-state index in [0.29, 0.717) is 16.9 Å². The maximum atomic E-state index is 6.94. The van der Waals surface area contributed by atoms with Gasteiger partial charge in [-0.25, -0.2) is 0 Å². The van der Waals surface area contributed by atoms with E-state index in [2.05, 4.69) is 89.7 Å². The smallest absolute Gasteiger partial charge is 0.174 e. The van der Waals surface area contributed by atoms with E-state index >= 15 is 0 Å². The van der Waals surface area contributed by atoms with Crippen molar-refractivity contribution in [1.29, 1.82) is 0 Å². The van der Waals surface area contributed by atoms with Crippen molar-refractivity contribution in [3.8, 4) is 0 Å². The molecule has 0 radical (unpaired) electrons. The van der Waals surface area contributed by atoms with Crippen LogP contribution in [0, 0.1) is 25.7 Å². The third-order valence-electron chi connectivity index (χ3n) is 7.65. The Labute approximate surface area is 219 Å². The largest absolute Gasteiger partial charge is 0.370 e.